The zero-order valence-electron chi connectivity index (χ0n) is 15.2. The fraction of sp³-hybridized carbons (Fsp3) is 0.500. The van der Waals surface area contributed by atoms with Gasteiger partial charge in [0.25, 0.3) is 5.56 Å². The van der Waals surface area contributed by atoms with E-state index in [9.17, 15) is 14.4 Å². The molecule has 0 N–H and O–H groups in total. The van der Waals surface area contributed by atoms with Gasteiger partial charge >= 0.3 is 5.97 Å². The Balaban J connectivity index is 1.39. The molecule has 1 aliphatic carbocycles. The summed E-state index contributed by atoms with van der Waals surface area (Å²) >= 11 is 0. The highest BCUT2D eigenvalue weighted by Crippen LogP contribution is 2.34. The van der Waals surface area contributed by atoms with Crippen LogP contribution in [0, 0.1) is 0 Å². The molecule has 1 saturated carbocycles. The highest BCUT2D eigenvalue weighted by molar-refractivity contribution is 5.78. The minimum Gasteiger partial charge on any atom is -0.464 e. The number of aromatic nitrogens is 2. The molecule has 0 unspecified atom stereocenters. The number of nitrogens with zero attached hydrogens (tertiary/aromatic N) is 3. The minimum absolute atomic E-state index is 0.0287. The quantitative estimate of drug-likeness (QED) is 0.696. The van der Waals surface area contributed by atoms with E-state index in [1.165, 1.54) is 0 Å². The van der Waals surface area contributed by atoms with Crippen LogP contribution in [0.25, 0.3) is 10.9 Å². The number of para-hydroxylation sites is 1. The third-order valence-electron chi connectivity index (χ3n) is 5.14. The standard InChI is InChI=1S/C20H23N3O4/c24-18-6-3-11-22(18)12-13-27-19(25)10-9-17-21-16-5-2-1-4-15(16)20(26)23(17)14-7-8-14/h1-2,4-5,14H,3,6-13H2. The fourth-order valence-electron chi connectivity index (χ4n) is 3.57. The Kier molecular flexibility index (Phi) is 4.92. The Morgan fingerprint density at radius 2 is 2.04 bits per heavy atom. The number of ether oxygens (including phenoxy) is 1. The van der Waals surface area contributed by atoms with Gasteiger partial charge in [0.15, 0.2) is 0 Å². The van der Waals surface area contributed by atoms with Crippen LogP contribution in [-0.4, -0.2) is 46.0 Å². The molecular weight excluding hydrogens is 346 g/mol. The SMILES string of the molecule is O=C(CCc1nc2ccccc2c(=O)n1C1CC1)OCCN1CCCC1=O. The topological polar surface area (TPSA) is 81.5 Å². The second-order valence-electron chi connectivity index (χ2n) is 7.16. The number of likely N-dealkylation sites (tertiary alicyclic amines) is 1. The summed E-state index contributed by atoms with van der Waals surface area (Å²) in [6, 6.07) is 7.50. The van der Waals surface area contributed by atoms with Gasteiger partial charge in [-0.2, -0.15) is 0 Å². The van der Waals surface area contributed by atoms with Gasteiger partial charge in [-0.1, -0.05) is 12.1 Å². The Bertz CT molecular complexity index is 932. The van der Waals surface area contributed by atoms with Gasteiger partial charge in [0.05, 0.1) is 23.9 Å². The van der Waals surface area contributed by atoms with Crippen molar-refractivity contribution in [3.8, 4) is 0 Å². The molecule has 1 aromatic heterocycles. The minimum atomic E-state index is -0.327. The molecule has 27 heavy (non-hydrogen) atoms. The van der Waals surface area contributed by atoms with Crippen LogP contribution in [0.15, 0.2) is 29.1 Å². The van der Waals surface area contributed by atoms with Gasteiger partial charge in [-0.3, -0.25) is 19.0 Å². The van der Waals surface area contributed by atoms with Crippen molar-refractivity contribution in [2.45, 2.75) is 44.6 Å². The molecule has 1 saturated heterocycles. The number of hydrogen-bond acceptors (Lipinski definition) is 5. The van der Waals surface area contributed by atoms with Crippen molar-refractivity contribution in [1.82, 2.24) is 14.5 Å². The summed E-state index contributed by atoms with van der Waals surface area (Å²) in [6.45, 7) is 1.40. The number of rotatable bonds is 7. The van der Waals surface area contributed by atoms with E-state index in [2.05, 4.69) is 4.98 Å². The van der Waals surface area contributed by atoms with Crippen molar-refractivity contribution in [2.24, 2.45) is 0 Å². The number of carbonyl (C=O) groups is 2. The zero-order valence-corrected chi connectivity index (χ0v) is 15.2. The lowest BCUT2D eigenvalue weighted by Gasteiger charge is -2.15. The maximum Gasteiger partial charge on any atom is 0.306 e. The van der Waals surface area contributed by atoms with Crippen LogP contribution in [0.1, 0.15) is 44.0 Å². The molecular formula is C20H23N3O4. The molecule has 0 atom stereocenters. The summed E-state index contributed by atoms with van der Waals surface area (Å²) in [7, 11) is 0. The monoisotopic (exact) mass is 369 g/mol. The summed E-state index contributed by atoms with van der Waals surface area (Å²) in [6.07, 6.45) is 3.95. The van der Waals surface area contributed by atoms with Gasteiger partial charge in [-0.05, 0) is 31.4 Å². The average Bonchev–Trinajstić information content (AvgIpc) is 3.42. The van der Waals surface area contributed by atoms with Crippen LogP contribution in [0.2, 0.25) is 0 Å². The van der Waals surface area contributed by atoms with Gasteiger partial charge < -0.3 is 9.64 Å². The van der Waals surface area contributed by atoms with Gasteiger partial charge in [-0.15, -0.1) is 0 Å². The van der Waals surface area contributed by atoms with E-state index in [1.807, 2.05) is 18.2 Å². The van der Waals surface area contributed by atoms with E-state index in [4.69, 9.17) is 4.74 Å². The highest BCUT2D eigenvalue weighted by atomic mass is 16.5. The van der Waals surface area contributed by atoms with Crippen LogP contribution in [0.4, 0.5) is 0 Å². The van der Waals surface area contributed by atoms with Crippen molar-refractivity contribution >= 4 is 22.8 Å². The lowest BCUT2D eigenvalue weighted by molar-refractivity contribution is -0.145. The first-order chi connectivity index (χ1) is 13.1. The molecule has 2 fully saturated rings. The second kappa shape index (κ2) is 7.50. The van der Waals surface area contributed by atoms with E-state index in [1.54, 1.807) is 15.5 Å². The first kappa shape index (κ1) is 17.7. The normalized spacial score (nSPS) is 16.9. The highest BCUT2D eigenvalue weighted by Gasteiger charge is 2.28. The first-order valence-corrected chi connectivity index (χ1v) is 9.57. The van der Waals surface area contributed by atoms with Crippen molar-refractivity contribution < 1.29 is 14.3 Å². The number of carbonyl (C=O) groups excluding carboxylic acids is 2. The predicted molar refractivity (Wildman–Crippen MR) is 99.4 cm³/mol. The molecule has 2 aliphatic rings. The summed E-state index contributed by atoms with van der Waals surface area (Å²) in [5.74, 6) is 0.444. The van der Waals surface area contributed by atoms with E-state index in [-0.39, 0.29) is 36.5 Å². The van der Waals surface area contributed by atoms with Crippen LogP contribution < -0.4 is 5.56 Å². The lowest BCUT2D eigenvalue weighted by Crippen LogP contribution is -2.29. The summed E-state index contributed by atoms with van der Waals surface area (Å²) < 4.78 is 7.01. The Labute approximate surface area is 156 Å². The summed E-state index contributed by atoms with van der Waals surface area (Å²) in [5, 5.41) is 0.617. The number of esters is 1. The van der Waals surface area contributed by atoms with Crippen LogP contribution in [-0.2, 0) is 20.7 Å². The molecule has 7 heteroatoms. The second-order valence-corrected chi connectivity index (χ2v) is 7.16. The average molecular weight is 369 g/mol. The van der Waals surface area contributed by atoms with Crippen LogP contribution in [0.3, 0.4) is 0 Å². The van der Waals surface area contributed by atoms with E-state index < -0.39 is 0 Å². The third-order valence-corrected chi connectivity index (χ3v) is 5.14. The molecule has 1 aliphatic heterocycles. The molecule has 0 radical (unpaired) electrons. The molecule has 1 aromatic carbocycles. The first-order valence-electron chi connectivity index (χ1n) is 9.57. The third kappa shape index (κ3) is 3.86. The predicted octanol–water partition coefficient (Wildman–Crippen LogP) is 1.83. The molecule has 0 spiro atoms. The van der Waals surface area contributed by atoms with E-state index in [0.29, 0.717) is 36.1 Å². The van der Waals surface area contributed by atoms with Crippen LogP contribution >= 0.6 is 0 Å². The lowest BCUT2D eigenvalue weighted by atomic mass is 10.2. The zero-order chi connectivity index (χ0) is 18.8. The van der Waals surface area contributed by atoms with Gasteiger partial charge in [0, 0.05) is 25.4 Å². The Morgan fingerprint density at radius 1 is 1.22 bits per heavy atom. The van der Waals surface area contributed by atoms with Crippen LogP contribution in [0.5, 0.6) is 0 Å². The number of benzene rings is 1. The molecule has 4 rings (SSSR count). The van der Waals surface area contributed by atoms with Crippen molar-refractivity contribution in [1.29, 1.82) is 0 Å². The maximum absolute atomic E-state index is 12.8. The van der Waals surface area contributed by atoms with E-state index in [0.717, 1.165) is 25.8 Å². The molecule has 7 nitrogen and oxygen atoms in total. The molecule has 2 aromatic rings. The van der Waals surface area contributed by atoms with Crippen molar-refractivity contribution in [2.75, 3.05) is 19.7 Å². The number of amides is 1. The Morgan fingerprint density at radius 3 is 2.78 bits per heavy atom. The summed E-state index contributed by atoms with van der Waals surface area (Å²) in [5.41, 5.74) is 0.634. The smallest absolute Gasteiger partial charge is 0.306 e. The van der Waals surface area contributed by atoms with E-state index >= 15 is 0 Å². The van der Waals surface area contributed by atoms with Gasteiger partial charge in [0.1, 0.15) is 12.4 Å². The molecule has 1 amide bonds. The largest absolute Gasteiger partial charge is 0.464 e. The van der Waals surface area contributed by atoms with Crippen molar-refractivity contribution in [3.63, 3.8) is 0 Å². The maximum atomic E-state index is 12.8. The summed E-state index contributed by atoms with van der Waals surface area (Å²) in [4.78, 5) is 42.8. The molecule has 0 bridgehead atoms. The molecule has 2 heterocycles. The fourth-order valence-corrected chi connectivity index (χ4v) is 3.57. The Hall–Kier alpha value is -2.70. The van der Waals surface area contributed by atoms with Crippen molar-refractivity contribution in [3.05, 3.63) is 40.4 Å². The molecule has 142 valence electrons. The van der Waals surface area contributed by atoms with Gasteiger partial charge in [-0.25, -0.2) is 4.98 Å². The number of hydrogen-bond donors (Lipinski definition) is 0. The number of aryl methyl sites for hydroxylation is 1. The van der Waals surface area contributed by atoms with Gasteiger partial charge in [0.2, 0.25) is 5.91 Å². The number of fused-ring (bicyclic) bond motifs is 1.